The highest BCUT2D eigenvalue weighted by molar-refractivity contribution is 5.09. The SMILES string of the molecule is CCc1cc(COCC2(N)CCCCC2)n(C)n1. The molecule has 2 N–H and O–H groups in total. The fourth-order valence-corrected chi connectivity index (χ4v) is 2.64. The Labute approximate surface area is 110 Å². The van der Waals surface area contributed by atoms with Crippen molar-refractivity contribution in [3.63, 3.8) is 0 Å². The van der Waals surface area contributed by atoms with E-state index in [2.05, 4.69) is 18.1 Å². The quantitative estimate of drug-likeness (QED) is 0.872. The Bertz CT molecular complexity index is 380. The predicted octanol–water partition coefficient (Wildman–Crippen LogP) is 2.16. The molecule has 1 aliphatic carbocycles. The zero-order chi connectivity index (χ0) is 13.0. The van der Waals surface area contributed by atoms with Crippen LogP contribution in [0.25, 0.3) is 0 Å². The molecule has 0 saturated heterocycles. The minimum absolute atomic E-state index is 0.0928. The molecule has 1 saturated carbocycles. The molecule has 0 aliphatic heterocycles. The molecule has 0 spiro atoms. The number of nitrogens with zero attached hydrogens (tertiary/aromatic N) is 2. The second-order valence-corrected chi connectivity index (χ2v) is 5.52. The Morgan fingerprint density at radius 2 is 2.11 bits per heavy atom. The topological polar surface area (TPSA) is 53.1 Å². The van der Waals surface area contributed by atoms with Crippen LogP contribution in [0.1, 0.15) is 50.4 Å². The third-order valence-electron chi connectivity index (χ3n) is 3.88. The molecule has 0 aromatic carbocycles. The number of hydrogen-bond acceptors (Lipinski definition) is 3. The van der Waals surface area contributed by atoms with Gasteiger partial charge >= 0.3 is 0 Å². The van der Waals surface area contributed by atoms with Gasteiger partial charge in [-0.15, -0.1) is 0 Å². The van der Waals surface area contributed by atoms with Crippen LogP contribution >= 0.6 is 0 Å². The van der Waals surface area contributed by atoms with Crippen LogP contribution in [0.2, 0.25) is 0 Å². The van der Waals surface area contributed by atoms with Crippen molar-refractivity contribution in [3.8, 4) is 0 Å². The van der Waals surface area contributed by atoms with Crippen molar-refractivity contribution in [2.45, 2.75) is 57.6 Å². The molecule has 1 fully saturated rings. The van der Waals surface area contributed by atoms with Crippen LogP contribution in [0.5, 0.6) is 0 Å². The first-order valence-electron chi connectivity index (χ1n) is 7.01. The zero-order valence-corrected chi connectivity index (χ0v) is 11.6. The Morgan fingerprint density at radius 1 is 1.39 bits per heavy atom. The van der Waals surface area contributed by atoms with E-state index < -0.39 is 0 Å². The van der Waals surface area contributed by atoms with E-state index in [1.54, 1.807) is 0 Å². The summed E-state index contributed by atoms with van der Waals surface area (Å²) in [6, 6.07) is 2.12. The van der Waals surface area contributed by atoms with E-state index in [9.17, 15) is 0 Å². The van der Waals surface area contributed by atoms with Crippen LogP contribution in [-0.4, -0.2) is 21.9 Å². The summed E-state index contributed by atoms with van der Waals surface area (Å²) in [5.74, 6) is 0. The fraction of sp³-hybridized carbons (Fsp3) is 0.786. The molecule has 0 atom stereocenters. The highest BCUT2D eigenvalue weighted by Crippen LogP contribution is 2.26. The van der Waals surface area contributed by atoms with Crippen molar-refractivity contribution >= 4 is 0 Å². The summed E-state index contributed by atoms with van der Waals surface area (Å²) in [5, 5.41) is 4.42. The first-order chi connectivity index (χ1) is 8.63. The van der Waals surface area contributed by atoms with Crippen molar-refractivity contribution < 1.29 is 4.74 Å². The maximum atomic E-state index is 6.35. The van der Waals surface area contributed by atoms with Gasteiger partial charge in [-0.2, -0.15) is 5.10 Å². The number of ether oxygens (including phenoxy) is 1. The monoisotopic (exact) mass is 251 g/mol. The lowest BCUT2D eigenvalue weighted by Gasteiger charge is -2.32. The summed E-state index contributed by atoms with van der Waals surface area (Å²) >= 11 is 0. The largest absolute Gasteiger partial charge is 0.373 e. The van der Waals surface area contributed by atoms with Gasteiger partial charge in [0.1, 0.15) is 0 Å². The van der Waals surface area contributed by atoms with E-state index in [1.807, 2.05) is 11.7 Å². The van der Waals surface area contributed by atoms with E-state index in [0.717, 1.165) is 30.7 Å². The first kappa shape index (κ1) is 13.6. The summed E-state index contributed by atoms with van der Waals surface area (Å²) in [7, 11) is 1.97. The normalized spacial score (nSPS) is 19.1. The number of rotatable bonds is 5. The predicted molar refractivity (Wildman–Crippen MR) is 72.2 cm³/mol. The van der Waals surface area contributed by atoms with Crippen molar-refractivity contribution in [3.05, 3.63) is 17.5 Å². The minimum atomic E-state index is -0.0928. The molecule has 0 bridgehead atoms. The fourth-order valence-electron chi connectivity index (χ4n) is 2.64. The van der Waals surface area contributed by atoms with Crippen LogP contribution in [0, 0.1) is 0 Å². The van der Waals surface area contributed by atoms with Gasteiger partial charge in [0.15, 0.2) is 0 Å². The summed E-state index contributed by atoms with van der Waals surface area (Å²) < 4.78 is 7.72. The Morgan fingerprint density at radius 3 is 2.72 bits per heavy atom. The average molecular weight is 251 g/mol. The highest BCUT2D eigenvalue weighted by atomic mass is 16.5. The van der Waals surface area contributed by atoms with Crippen LogP contribution in [-0.2, 0) is 24.8 Å². The molecule has 1 aromatic heterocycles. The lowest BCUT2D eigenvalue weighted by atomic mass is 9.83. The number of aromatic nitrogens is 2. The molecule has 1 aromatic rings. The summed E-state index contributed by atoms with van der Waals surface area (Å²) in [5.41, 5.74) is 8.50. The molecule has 2 rings (SSSR count). The van der Waals surface area contributed by atoms with Crippen molar-refractivity contribution in [2.75, 3.05) is 6.61 Å². The second-order valence-electron chi connectivity index (χ2n) is 5.52. The van der Waals surface area contributed by atoms with Gasteiger partial charge in [-0.05, 0) is 25.3 Å². The lowest BCUT2D eigenvalue weighted by molar-refractivity contribution is 0.0543. The number of aryl methyl sites for hydroxylation is 2. The van der Waals surface area contributed by atoms with Gasteiger partial charge in [0.25, 0.3) is 0 Å². The van der Waals surface area contributed by atoms with Crippen molar-refractivity contribution in [2.24, 2.45) is 12.8 Å². The molecule has 102 valence electrons. The molecular formula is C14H25N3O. The van der Waals surface area contributed by atoms with Gasteiger partial charge in [-0.1, -0.05) is 26.2 Å². The van der Waals surface area contributed by atoms with Gasteiger partial charge in [0, 0.05) is 12.6 Å². The van der Waals surface area contributed by atoms with Gasteiger partial charge in [0.2, 0.25) is 0 Å². The molecule has 1 aliphatic rings. The second kappa shape index (κ2) is 5.85. The molecule has 4 heteroatoms. The van der Waals surface area contributed by atoms with E-state index in [0.29, 0.717) is 13.2 Å². The third-order valence-corrected chi connectivity index (χ3v) is 3.88. The van der Waals surface area contributed by atoms with E-state index >= 15 is 0 Å². The third kappa shape index (κ3) is 3.33. The molecule has 4 nitrogen and oxygen atoms in total. The Balaban J connectivity index is 1.82. The molecule has 18 heavy (non-hydrogen) atoms. The minimum Gasteiger partial charge on any atom is -0.373 e. The van der Waals surface area contributed by atoms with Gasteiger partial charge in [-0.3, -0.25) is 4.68 Å². The average Bonchev–Trinajstić information content (AvgIpc) is 2.71. The Hall–Kier alpha value is -0.870. The zero-order valence-electron chi connectivity index (χ0n) is 11.6. The van der Waals surface area contributed by atoms with Crippen LogP contribution in [0.3, 0.4) is 0 Å². The first-order valence-corrected chi connectivity index (χ1v) is 7.01. The Kier molecular flexibility index (Phi) is 4.40. The van der Waals surface area contributed by atoms with Crippen molar-refractivity contribution in [1.82, 2.24) is 9.78 Å². The van der Waals surface area contributed by atoms with Crippen molar-refractivity contribution in [1.29, 1.82) is 0 Å². The van der Waals surface area contributed by atoms with Gasteiger partial charge in [0.05, 0.1) is 24.6 Å². The van der Waals surface area contributed by atoms with Gasteiger partial charge in [-0.25, -0.2) is 0 Å². The highest BCUT2D eigenvalue weighted by Gasteiger charge is 2.27. The standard InChI is InChI=1S/C14H25N3O/c1-3-12-9-13(17(2)16-12)10-18-11-14(15)7-5-4-6-8-14/h9H,3-8,10-11,15H2,1-2H3. The molecule has 0 unspecified atom stereocenters. The number of hydrogen-bond donors (Lipinski definition) is 1. The summed E-state index contributed by atoms with van der Waals surface area (Å²) in [4.78, 5) is 0. The molecule has 1 heterocycles. The van der Waals surface area contributed by atoms with Crippen LogP contribution < -0.4 is 5.73 Å². The maximum Gasteiger partial charge on any atom is 0.0885 e. The molecular weight excluding hydrogens is 226 g/mol. The van der Waals surface area contributed by atoms with E-state index in [4.69, 9.17) is 10.5 Å². The van der Waals surface area contributed by atoms with E-state index in [1.165, 1.54) is 19.3 Å². The van der Waals surface area contributed by atoms with Gasteiger partial charge < -0.3 is 10.5 Å². The number of nitrogens with two attached hydrogens (primary N) is 1. The van der Waals surface area contributed by atoms with Crippen LogP contribution in [0.4, 0.5) is 0 Å². The summed E-state index contributed by atoms with van der Waals surface area (Å²) in [6.07, 6.45) is 6.96. The van der Waals surface area contributed by atoms with E-state index in [-0.39, 0.29) is 5.54 Å². The maximum absolute atomic E-state index is 6.35. The lowest BCUT2D eigenvalue weighted by Crippen LogP contribution is -2.46. The molecule has 0 radical (unpaired) electrons. The van der Waals surface area contributed by atoms with Crippen LogP contribution in [0.15, 0.2) is 6.07 Å². The molecule has 0 amide bonds. The smallest absolute Gasteiger partial charge is 0.0885 e. The summed E-state index contributed by atoms with van der Waals surface area (Å²) in [6.45, 7) is 3.39.